The van der Waals surface area contributed by atoms with Gasteiger partial charge in [-0.2, -0.15) is 0 Å². The van der Waals surface area contributed by atoms with Crippen LogP contribution in [-0.2, 0) is 9.59 Å². The maximum Gasteiger partial charge on any atom is 0.251 e. The second-order valence-corrected chi connectivity index (χ2v) is 4.42. The van der Waals surface area contributed by atoms with E-state index in [2.05, 4.69) is 15.6 Å². The minimum atomic E-state index is -0.456. The van der Waals surface area contributed by atoms with E-state index in [4.69, 9.17) is 0 Å². The van der Waals surface area contributed by atoms with Gasteiger partial charge < -0.3 is 0 Å². The lowest BCUT2D eigenvalue weighted by Crippen LogP contribution is -2.41. The van der Waals surface area contributed by atoms with Gasteiger partial charge in [-0.25, -0.2) is 4.68 Å². The Balaban J connectivity index is 1.86. The molecule has 3 rings (SSSR count). The van der Waals surface area contributed by atoms with Gasteiger partial charge in [0, 0.05) is 12.0 Å². The van der Waals surface area contributed by atoms with Gasteiger partial charge in [0.1, 0.15) is 11.7 Å². The fraction of sp³-hybridized carbons (Fsp3) is 0.231. The van der Waals surface area contributed by atoms with Gasteiger partial charge in [0.15, 0.2) is 0 Å². The van der Waals surface area contributed by atoms with Gasteiger partial charge in [-0.15, -0.1) is 5.10 Å². The van der Waals surface area contributed by atoms with Crippen LogP contribution in [0.5, 0.6) is 0 Å². The van der Waals surface area contributed by atoms with Crippen molar-refractivity contribution in [3.8, 4) is 11.3 Å². The van der Waals surface area contributed by atoms with Crippen LogP contribution in [-0.4, -0.2) is 26.8 Å². The number of piperidine rings is 1. The van der Waals surface area contributed by atoms with Gasteiger partial charge in [-0.05, 0) is 6.42 Å². The molecule has 2 heterocycles. The molecule has 1 aliphatic rings. The molecule has 19 heavy (non-hydrogen) atoms. The predicted octanol–water partition coefficient (Wildman–Crippen LogP) is 0.923. The minimum Gasteiger partial charge on any atom is -0.295 e. The summed E-state index contributed by atoms with van der Waals surface area (Å²) in [7, 11) is 0. The number of nitrogens with one attached hydrogen (secondary N) is 1. The summed E-state index contributed by atoms with van der Waals surface area (Å²) in [4.78, 5) is 22.8. The lowest BCUT2D eigenvalue weighted by atomic mass is 10.1. The number of hydrogen-bond acceptors (Lipinski definition) is 4. The summed E-state index contributed by atoms with van der Waals surface area (Å²) >= 11 is 0. The molecule has 0 bridgehead atoms. The summed E-state index contributed by atoms with van der Waals surface area (Å²) in [6, 6.07) is 9.16. The molecule has 2 aromatic rings. The van der Waals surface area contributed by atoms with Crippen molar-refractivity contribution in [2.24, 2.45) is 0 Å². The molecule has 1 unspecified atom stereocenters. The van der Waals surface area contributed by atoms with Crippen molar-refractivity contribution >= 4 is 11.8 Å². The van der Waals surface area contributed by atoms with Crippen molar-refractivity contribution in [3.63, 3.8) is 0 Å². The Morgan fingerprint density at radius 2 is 2.00 bits per heavy atom. The van der Waals surface area contributed by atoms with Gasteiger partial charge in [0.25, 0.3) is 5.91 Å². The number of hydrogen-bond donors (Lipinski definition) is 1. The Kier molecular flexibility index (Phi) is 2.83. The Hall–Kier alpha value is -2.50. The third-order valence-corrected chi connectivity index (χ3v) is 3.11. The van der Waals surface area contributed by atoms with E-state index in [0.29, 0.717) is 18.5 Å². The molecule has 1 N–H and O–H groups in total. The number of aromatic nitrogens is 3. The second kappa shape index (κ2) is 4.64. The number of carbonyl (C=O) groups excluding carboxylic acids is 2. The first-order chi connectivity index (χ1) is 9.24. The number of rotatable bonds is 2. The van der Waals surface area contributed by atoms with Gasteiger partial charge in [-0.1, -0.05) is 35.5 Å². The number of amides is 2. The average Bonchev–Trinajstić information content (AvgIpc) is 2.89. The maximum absolute atomic E-state index is 11.7. The van der Waals surface area contributed by atoms with Crippen molar-refractivity contribution in [2.75, 3.05) is 0 Å². The third kappa shape index (κ3) is 2.24. The van der Waals surface area contributed by atoms with Crippen LogP contribution >= 0.6 is 0 Å². The van der Waals surface area contributed by atoms with E-state index in [0.717, 1.165) is 5.56 Å². The van der Waals surface area contributed by atoms with Gasteiger partial charge >= 0.3 is 0 Å². The SMILES string of the molecule is O=C1CCC(n2cc(-c3ccccc3)nn2)C(=O)N1. The zero-order valence-electron chi connectivity index (χ0n) is 10.1. The van der Waals surface area contributed by atoms with Crippen LogP contribution in [0.1, 0.15) is 18.9 Å². The number of carbonyl (C=O) groups is 2. The number of imide groups is 1. The molecule has 2 amide bonds. The van der Waals surface area contributed by atoms with Gasteiger partial charge in [-0.3, -0.25) is 14.9 Å². The normalized spacial score (nSPS) is 19.3. The molecule has 96 valence electrons. The Morgan fingerprint density at radius 3 is 2.74 bits per heavy atom. The van der Waals surface area contributed by atoms with Crippen molar-refractivity contribution < 1.29 is 9.59 Å². The molecular formula is C13H12N4O2. The topological polar surface area (TPSA) is 76.9 Å². The van der Waals surface area contributed by atoms with Crippen molar-refractivity contribution in [3.05, 3.63) is 36.5 Å². The van der Waals surface area contributed by atoms with E-state index in [1.807, 2.05) is 30.3 Å². The first kappa shape index (κ1) is 11.6. The highest BCUT2D eigenvalue weighted by molar-refractivity contribution is 5.99. The molecule has 1 atom stereocenters. The van der Waals surface area contributed by atoms with Crippen LogP contribution in [0.25, 0.3) is 11.3 Å². The van der Waals surface area contributed by atoms with Gasteiger partial charge in [0.2, 0.25) is 5.91 Å². The monoisotopic (exact) mass is 256 g/mol. The molecule has 6 heteroatoms. The Morgan fingerprint density at radius 1 is 1.21 bits per heavy atom. The molecule has 1 aliphatic heterocycles. The standard InChI is InChI=1S/C13H12N4O2/c18-12-7-6-11(13(19)14-12)17-8-10(15-16-17)9-4-2-1-3-5-9/h1-5,8,11H,6-7H2,(H,14,18,19). The van der Waals surface area contributed by atoms with Crippen LogP contribution in [0.3, 0.4) is 0 Å². The maximum atomic E-state index is 11.7. The number of benzene rings is 1. The largest absolute Gasteiger partial charge is 0.295 e. The molecule has 0 radical (unpaired) electrons. The zero-order valence-corrected chi connectivity index (χ0v) is 10.1. The van der Waals surface area contributed by atoms with Crippen LogP contribution in [0.15, 0.2) is 36.5 Å². The first-order valence-electron chi connectivity index (χ1n) is 6.05. The molecule has 1 aromatic heterocycles. The average molecular weight is 256 g/mol. The molecule has 1 fully saturated rings. The van der Waals surface area contributed by atoms with Crippen LogP contribution in [0, 0.1) is 0 Å². The summed E-state index contributed by atoms with van der Waals surface area (Å²) in [5.74, 6) is -0.551. The lowest BCUT2D eigenvalue weighted by Gasteiger charge is -2.20. The third-order valence-electron chi connectivity index (χ3n) is 3.11. The first-order valence-corrected chi connectivity index (χ1v) is 6.05. The molecule has 0 saturated carbocycles. The summed E-state index contributed by atoms with van der Waals surface area (Å²) in [6.45, 7) is 0. The van der Waals surface area contributed by atoms with E-state index in [1.165, 1.54) is 4.68 Å². The summed E-state index contributed by atoms with van der Waals surface area (Å²) in [5, 5.41) is 10.4. The molecular weight excluding hydrogens is 244 g/mol. The van der Waals surface area contributed by atoms with Gasteiger partial charge in [0.05, 0.1) is 6.20 Å². The predicted molar refractivity (Wildman–Crippen MR) is 66.9 cm³/mol. The summed E-state index contributed by atoms with van der Waals surface area (Å²) in [6.07, 6.45) is 2.52. The Labute approximate surface area is 109 Å². The quantitative estimate of drug-likeness (QED) is 0.811. The lowest BCUT2D eigenvalue weighted by molar-refractivity contribution is -0.136. The molecule has 1 saturated heterocycles. The summed E-state index contributed by atoms with van der Waals surface area (Å²) < 4.78 is 1.52. The van der Waals surface area contributed by atoms with Crippen LogP contribution in [0.2, 0.25) is 0 Å². The fourth-order valence-corrected chi connectivity index (χ4v) is 2.10. The Bertz CT molecular complexity index is 621. The minimum absolute atomic E-state index is 0.232. The van der Waals surface area contributed by atoms with Crippen molar-refractivity contribution in [1.29, 1.82) is 0 Å². The smallest absolute Gasteiger partial charge is 0.251 e. The highest BCUT2D eigenvalue weighted by Crippen LogP contribution is 2.21. The van der Waals surface area contributed by atoms with E-state index < -0.39 is 6.04 Å². The molecule has 0 aliphatic carbocycles. The van der Waals surface area contributed by atoms with Crippen molar-refractivity contribution in [2.45, 2.75) is 18.9 Å². The fourth-order valence-electron chi connectivity index (χ4n) is 2.10. The summed E-state index contributed by atoms with van der Waals surface area (Å²) in [5.41, 5.74) is 1.66. The molecule has 6 nitrogen and oxygen atoms in total. The molecule has 1 aromatic carbocycles. The van der Waals surface area contributed by atoms with E-state index in [9.17, 15) is 9.59 Å². The highest BCUT2D eigenvalue weighted by atomic mass is 16.2. The van der Waals surface area contributed by atoms with Crippen LogP contribution < -0.4 is 5.32 Å². The van der Waals surface area contributed by atoms with E-state index in [1.54, 1.807) is 6.20 Å². The van der Waals surface area contributed by atoms with Crippen LogP contribution in [0.4, 0.5) is 0 Å². The van der Waals surface area contributed by atoms with E-state index >= 15 is 0 Å². The second-order valence-electron chi connectivity index (χ2n) is 4.42. The zero-order chi connectivity index (χ0) is 13.2. The van der Waals surface area contributed by atoms with E-state index in [-0.39, 0.29) is 11.8 Å². The molecule has 0 spiro atoms. The van der Waals surface area contributed by atoms with Crippen molar-refractivity contribution in [1.82, 2.24) is 20.3 Å². The highest BCUT2D eigenvalue weighted by Gasteiger charge is 2.28. The number of nitrogens with zero attached hydrogens (tertiary/aromatic N) is 3.